The molecule has 0 aliphatic carbocycles. The van der Waals surface area contributed by atoms with Crippen LogP contribution < -0.4 is 11.5 Å². The number of anilines is 2. The summed E-state index contributed by atoms with van der Waals surface area (Å²) in [6, 6.07) is 16.5. The molecule has 2 heteroatoms. The number of hydrogen-bond acceptors (Lipinski definition) is 2. The first-order valence-corrected chi connectivity index (χ1v) is 5.97. The summed E-state index contributed by atoms with van der Waals surface area (Å²) in [7, 11) is 0. The Balaban J connectivity index is 2.49. The lowest BCUT2D eigenvalue weighted by atomic mass is 9.93. The minimum absolute atomic E-state index is 0.785. The zero-order valence-electron chi connectivity index (χ0n) is 9.77. The van der Waals surface area contributed by atoms with Crippen LogP contribution in [-0.4, -0.2) is 0 Å². The highest BCUT2D eigenvalue weighted by molar-refractivity contribution is 6.27. The van der Waals surface area contributed by atoms with E-state index in [2.05, 4.69) is 30.3 Å². The van der Waals surface area contributed by atoms with Gasteiger partial charge in [-0.3, -0.25) is 0 Å². The largest absolute Gasteiger partial charge is 0.398 e. The van der Waals surface area contributed by atoms with E-state index in [0.29, 0.717) is 0 Å². The van der Waals surface area contributed by atoms with Gasteiger partial charge in [0.15, 0.2) is 0 Å². The van der Waals surface area contributed by atoms with Crippen LogP contribution >= 0.6 is 0 Å². The second-order valence-corrected chi connectivity index (χ2v) is 4.74. The van der Waals surface area contributed by atoms with Crippen LogP contribution in [0, 0.1) is 0 Å². The molecule has 0 aliphatic heterocycles. The first-order chi connectivity index (χ1) is 8.75. The molecule has 0 atom stereocenters. The predicted octanol–water partition coefficient (Wildman–Crippen LogP) is 3.75. The molecule has 2 nitrogen and oxygen atoms in total. The van der Waals surface area contributed by atoms with E-state index >= 15 is 0 Å². The Hall–Kier alpha value is -2.48. The smallest absolute Gasteiger partial charge is 0.0401 e. The van der Waals surface area contributed by atoms with Crippen LogP contribution in [0.5, 0.6) is 0 Å². The lowest BCUT2D eigenvalue weighted by molar-refractivity contribution is 1.75. The second-order valence-electron chi connectivity index (χ2n) is 4.74. The van der Waals surface area contributed by atoms with E-state index in [1.54, 1.807) is 0 Å². The minimum Gasteiger partial charge on any atom is -0.398 e. The van der Waals surface area contributed by atoms with Crippen LogP contribution in [0.3, 0.4) is 0 Å². The lowest BCUT2D eigenvalue weighted by Gasteiger charge is -2.13. The zero-order chi connectivity index (χ0) is 12.3. The molecule has 4 aromatic carbocycles. The Morgan fingerprint density at radius 1 is 0.611 bits per heavy atom. The van der Waals surface area contributed by atoms with E-state index in [-0.39, 0.29) is 0 Å². The summed E-state index contributed by atoms with van der Waals surface area (Å²) in [5.41, 5.74) is 13.8. The Morgan fingerprint density at radius 3 is 2.11 bits per heavy atom. The highest BCUT2D eigenvalue weighted by Crippen LogP contribution is 2.39. The molecule has 0 radical (unpaired) electrons. The molecule has 4 aromatic rings. The third kappa shape index (κ3) is 1.02. The van der Waals surface area contributed by atoms with Crippen molar-refractivity contribution in [3.63, 3.8) is 0 Å². The maximum Gasteiger partial charge on any atom is 0.0401 e. The predicted molar refractivity (Wildman–Crippen MR) is 79.0 cm³/mol. The number of rotatable bonds is 0. The average Bonchev–Trinajstić information content (AvgIpc) is 2.40. The van der Waals surface area contributed by atoms with Crippen LogP contribution in [0.2, 0.25) is 0 Å². The fourth-order valence-electron chi connectivity index (χ4n) is 2.87. The molecule has 4 N–H and O–H groups in total. The Kier molecular flexibility index (Phi) is 1.61. The molecule has 4 rings (SSSR count). The van der Waals surface area contributed by atoms with Gasteiger partial charge in [0, 0.05) is 22.1 Å². The van der Waals surface area contributed by atoms with Gasteiger partial charge in [-0.05, 0) is 33.7 Å². The number of nitrogens with two attached hydrogens (primary N) is 2. The van der Waals surface area contributed by atoms with Crippen molar-refractivity contribution in [1.82, 2.24) is 0 Å². The molecule has 0 bridgehead atoms. The molecule has 0 amide bonds. The summed E-state index contributed by atoms with van der Waals surface area (Å²) in [6.07, 6.45) is 0. The van der Waals surface area contributed by atoms with Gasteiger partial charge in [0.25, 0.3) is 0 Å². The molecular weight excluding hydrogens is 220 g/mol. The summed E-state index contributed by atoms with van der Waals surface area (Å²) in [6.45, 7) is 0. The van der Waals surface area contributed by atoms with Gasteiger partial charge in [-0.25, -0.2) is 0 Å². The average molecular weight is 232 g/mol. The zero-order valence-corrected chi connectivity index (χ0v) is 9.77. The first kappa shape index (κ1) is 9.54. The van der Waals surface area contributed by atoms with Crippen molar-refractivity contribution < 1.29 is 0 Å². The molecule has 0 aromatic heterocycles. The Labute approximate surface area is 104 Å². The molecule has 18 heavy (non-hydrogen) atoms. The lowest BCUT2D eigenvalue weighted by Crippen LogP contribution is -1.94. The van der Waals surface area contributed by atoms with Gasteiger partial charge in [0.05, 0.1) is 0 Å². The summed E-state index contributed by atoms with van der Waals surface area (Å²) < 4.78 is 0. The summed E-state index contributed by atoms with van der Waals surface area (Å²) in [5.74, 6) is 0. The van der Waals surface area contributed by atoms with E-state index in [1.165, 1.54) is 21.5 Å². The van der Waals surface area contributed by atoms with Crippen molar-refractivity contribution in [2.75, 3.05) is 11.5 Å². The summed E-state index contributed by atoms with van der Waals surface area (Å²) in [5, 5.41) is 7.02. The normalized spacial score (nSPS) is 11.8. The van der Waals surface area contributed by atoms with Gasteiger partial charge >= 0.3 is 0 Å². The van der Waals surface area contributed by atoms with E-state index in [1.807, 2.05) is 18.2 Å². The van der Waals surface area contributed by atoms with Gasteiger partial charge < -0.3 is 11.5 Å². The van der Waals surface area contributed by atoms with E-state index in [4.69, 9.17) is 11.5 Å². The first-order valence-electron chi connectivity index (χ1n) is 5.97. The standard InChI is InChI=1S/C16H12N2/c17-13-7-6-10-5-4-9-2-1-3-11-14(18)8-12(13)16(10)15(9)11/h1-8H,17-18H2. The van der Waals surface area contributed by atoms with Gasteiger partial charge in [-0.2, -0.15) is 0 Å². The number of benzene rings is 4. The molecule has 0 unspecified atom stereocenters. The number of hydrogen-bond donors (Lipinski definition) is 2. The van der Waals surface area contributed by atoms with Crippen molar-refractivity contribution in [3.05, 3.63) is 48.5 Å². The highest BCUT2D eigenvalue weighted by atomic mass is 14.6. The molecule has 0 saturated heterocycles. The SMILES string of the molecule is Nc1cc2c(N)ccc3ccc4cccc1c4c32. The topological polar surface area (TPSA) is 52.0 Å². The summed E-state index contributed by atoms with van der Waals surface area (Å²) >= 11 is 0. The van der Waals surface area contributed by atoms with Crippen LogP contribution in [0.4, 0.5) is 11.4 Å². The second kappa shape index (κ2) is 3.05. The Bertz CT molecular complexity index is 879. The van der Waals surface area contributed by atoms with Crippen LogP contribution in [0.1, 0.15) is 0 Å². The maximum atomic E-state index is 6.15. The number of nitrogen functional groups attached to an aromatic ring is 2. The fourth-order valence-corrected chi connectivity index (χ4v) is 2.87. The molecule has 0 spiro atoms. The quantitative estimate of drug-likeness (QED) is 0.358. The van der Waals surface area contributed by atoms with Gasteiger partial charge in [-0.1, -0.05) is 36.4 Å². The van der Waals surface area contributed by atoms with Gasteiger partial charge in [0.2, 0.25) is 0 Å². The Morgan fingerprint density at radius 2 is 1.28 bits per heavy atom. The van der Waals surface area contributed by atoms with Crippen molar-refractivity contribution in [3.8, 4) is 0 Å². The van der Waals surface area contributed by atoms with Crippen molar-refractivity contribution in [2.24, 2.45) is 0 Å². The molecule has 0 saturated carbocycles. The van der Waals surface area contributed by atoms with Crippen LogP contribution in [-0.2, 0) is 0 Å². The van der Waals surface area contributed by atoms with Crippen molar-refractivity contribution >= 4 is 43.7 Å². The third-order valence-corrected chi connectivity index (χ3v) is 3.71. The van der Waals surface area contributed by atoms with Crippen molar-refractivity contribution in [1.29, 1.82) is 0 Å². The minimum atomic E-state index is 0.785. The third-order valence-electron chi connectivity index (χ3n) is 3.71. The van der Waals surface area contributed by atoms with E-state index in [9.17, 15) is 0 Å². The maximum absolute atomic E-state index is 6.15. The molecular formula is C16H12N2. The fraction of sp³-hybridized carbons (Fsp3) is 0. The van der Waals surface area contributed by atoms with Crippen molar-refractivity contribution in [2.45, 2.75) is 0 Å². The monoisotopic (exact) mass is 232 g/mol. The molecule has 86 valence electrons. The molecule has 0 aliphatic rings. The molecule has 0 fully saturated rings. The summed E-state index contributed by atoms with van der Waals surface area (Å²) in [4.78, 5) is 0. The molecule has 0 heterocycles. The van der Waals surface area contributed by atoms with Crippen LogP contribution in [0.15, 0.2) is 48.5 Å². The van der Waals surface area contributed by atoms with Crippen LogP contribution in [0.25, 0.3) is 32.3 Å². The van der Waals surface area contributed by atoms with E-state index < -0.39 is 0 Å². The van der Waals surface area contributed by atoms with Gasteiger partial charge in [-0.15, -0.1) is 0 Å². The van der Waals surface area contributed by atoms with Gasteiger partial charge in [0.1, 0.15) is 0 Å². The van der Waals surface area contributed by atoms with E-state index in [0.717, 1.165) is 22.1 Å². The highest BCUT2D eigenvalue weighted by Gasteiger charge is 2.11.